The van der Waals surface area contributed by atoms with Gasteiger partial charge in [0.1, 0.15) is 36.8 Å². The van der Waals surface area contributed by atoms with Crippen LogP contribution in [0.1, 0.15) is 85.5 Å². The second-order valence-corrected chi connectivity index (χ2v) is 13.5. The van der Waals surface area contributed by atoms with E-state index in [1.807, 2.05) is 5.32 Å². The Morgan fingerprint density at radius 2 is 1.18 bits per heavy atom. The summed E-state index contributed by atoms with van der Waals surface area (Å²) in [7, 11) is 0. The van der Waals surface area contributed by atoms with Crippen molar-refractivity contribution in [1.29, 1.82) is 0 Å². The predicted octanol–water partition coefficient (Wildman–Crippen LogP) is -3.15. The molecule has 0 aromatic heterocycles. The summed E-state index contributed by atoms with van der Waals surface area (Å²) in [6, 6.07) is -9.03. The van der Waals surface area contributed by atoms with E-state index in [0.717, 1.165) is 11.8 Å². The molecule has 1 fully saturated rings. The lowest BCUT2D eigenvalue weighted by Crippen LogP contribution is -2.60. The maximum Gasteiger partial charge on any atom is 0.322 e. The van der Waals surface area contributed by atoms with Crippen LogP contribution in [0.3, 0.4) is 0 Å². The van der Waals surface area contributed by atoms with E-state index < -0.39 is 152 Å². The molecular formula is C34H51N7O16. The number of hydrogen-bond donors (Lipinski definition) is 10. The molecule has 7 amide bonds. The number of hydrogen-bond acceptors (Lipinski definition) is 12. The van der Waals surface area contributed by atoms with Gasteiger partial charge >= 0.3 is 23.9 Å². The van der Waals surface area contributed by atoms with Crippen molar-refractivity contribution in [3.05, 3.63) is 0 Å². The lowest BCUT2D eigenvalue weighted by Gasteiger charge is -2.32. The molecule has 318 valence electrons. The number of aliphatic carboxylic acids is 4. The van der Waals surface area contributed by atoms with Crippen molar-refractivity contribution >= 4 is 71.0 Å². The molecule has 1 saturated heterocycles. The fraction of sp³-hybridized carbons (Fsp3) is 0.647. The molecule has 10 N–H and O–H groups in total. The number of carboxylic acid groups (broad SMARTS) is 4. The normalized spacial score (nSPS) is 16.1. The molecule has 0 bridgehead atoms. The third-order valence-corrected chi connectivity index (χ3v) is 8.54. The molecule has 0 radical (unpaired) electrons. The number of Topliss-reactive ketones (excluding diaryl/α,β-unsaturated/α-hetero) is 1. The number of rotatable bonds is 25. The highest BCUT2D eigenvalue weighted by Gasteiger charge is 2.41. The topological polar surface area (TPSA) is 361 Å². The molecule has 0 aliphatic carbocycles. The van der Waals surface area contributed by atoms with E-state index in [-0.39, 0.29) is 19.4 Å². The molecule has 23 nitrogen and oxygen atoms in total. The van der Waals surface area contributed by atoms with Crippen LogP contribution in [0, 0.1) is 5.92 Å². The van der Waals surface area contributed by atoms with Crippen LogP contribution in [0.25, 0.3) is 0 Å². The fourth-order valence-corrected chi connectivity index (χ4v) is 5.72. The molecule has 6 atom stereocenters. The lowest BCUT2D eigenvalue weighted by molar-refractivity contribution is -0.145. The van der Waals surface area contributed by atoms with Crippen LogP contribution in [-0.4, -0.2) is 146 Å². The van der Waals surface area contributed by atoms with Crippen LogP contribution in [0.2, 0.25) is 0 Å². The number of nitrogens with one attached hydrogen (secondary N) is 6. The van der Waals surface area contributed by atoms with Crippen LogP contribution in [-0.2, 0) is 57.5 Å². The van der Waals surface area contributed by atoms with Crippen molar-refractivity contribution in [2.24, 2.45) is 5.92 Å². The fourth-order valence-electron chi connectivity index (χ4n) is 5.72. The summed E-state index contributed by atoms with van der Waals surface area (Å²) < 4.78 is 0. The summed E-state index contributed by atoms with van der Waals surface area (Å²) in [6.07, 6.45) is -2.54. The zero-order valence-electron chi connectivity index (χ0n) is 32.0. The number of carbonyl (C=O) groups excluding carboxylic acids is 8. The first kappa shape index (κ1) is 48.9. The van der Waals surface area contributed by atoms with E-state index in [1.54, 1.807) is 6.92 Å². The van der Waals surface area contributed by atoms with Gasteiger partial charge in [0.25, 0.3) is 5.91 Å². The first-order chi connectivity index (χ1) is 26.6. The summed E-state index contributed by atoms with van der Waals surface area (Å²) in [5.41, 5.74) is 0. The molecule has 1 aliphatic heterocycles. The number of nitrogens with zero attached hydrogens (tertiary/aromatic N) is 1. The van der Waals surface area contributed by atoms with Crippen LogP contribution in [0.4, 0.5) is 0 Å². The Balaban J connectivity index is 3.27. The van der Waals surface area contributed by atoms with Crippen molar-refractivity contribution in [1.82, 2.24) is 36.8 Å². The number of likely N-dealkylation sites (tertiary alicyclic amines) is 1. The van der Waals surface area contributed by atoms with Gasteiger partial charge in [0.15, 0.2) is 0 Å². The van der Waals surface area contributed by atoms with Crippen molar-refractivity contribution in [2.45, 2.75) is 122 Å². The number of amides is 7. The molecule has 0 aromatic carbocycles. The Kier molecular flexibility index (Phi) is 20.3. The van der Waals surface area contributed by atoms with Crippen LogP contribution in [0.15, 0.2) is 0 Å². The smallest absolute Gasteiger partial charge is 0.322 e. The third-order valence-electron chi connectivity index (χ3n) is 8.54. The molecule has 57 heavy (non-hydrogen) atoms. The second-order valence-electron chi connectivity index (χ2n) is 13.5. The number of ketones is 1. The lowest BCUT2D eigenvalue weighted by atomic mass is 10.0. The van der Waals surface area contributed by atoms with Gasteiger partial charge in [0.05, 0.1) is 12.5 Å². The molecule has 1 aliphatic rings. The zero-order valence-corrected chi connectivity index (χ0v) is 32.0. The van der Waals surface area contributed by atoms with Crippen LogP contribution >= 0.6 is 0 Å². The van der Waals surface area contributed by atoms with Gasteiger partial charge in [-0.2, -0.15) is 0 Å². The molecule has 1 heterocycles. The van der Waals surface area contributed by atoms with E-state index in [2.05, 4.69) is 26.6 Å². The van der Waals surface area contributed by atoms with Gasteiger partial charge in [-0.15, -0.1) is 0 Å². The van der Waals surface area contributed by atoms with Crippen molar-refractivity contribution in [2.75, 3.05) is 13.1 Å². The SMILES string of the molecule is CCCC(NC(=O)C1CCCN1C(=O)C(NC(=O)C(CC(=O)O)NC(=O)C(CCC(=O)O)NC(=O)C(CCC(=O)O)NC(C)=O)C(C)C)C(=O)C(=O)NCC(=O)O. The van der Waals surface area contributed by atoms with Crippen LogP contribution in [0.5, 0.6) is 0 Å². The Morgan fingerprint density at radius 1 is 0.649 bits per heavy atom. The van der Waals surface area contributed by atoms with Crippen LogP contribution < -0.4 is 31.9 Å². The standard InChI is InChI=1S/C34H51N7O16/c1-5-7-18(28(51)33(56)35-15-26(49)50)37-32(55)22-8-6-13-41(22)34(57)27(16(2)3)40-31(54)21(14-25(47)48)39-30(53)20(10-12-24(45)46)38-29(52)19(36-17(4)42)9-11-23(43)44/h16,18-22,27H,5-15H2,1-4H3,(H,35,56)(H,36,42)(H,37,55)(H,38,52)(H,39,53)(H,40,54)(H,43,44)(H,45,46)(H,47,48)(H,49,50). The Morgan fingerprint density at radius 3 is 1.65 bits per heavy atom. The van der Waals surface area contributed by atoms with Gasteiger partial charge in [-0.25, -0.2) is 0 Å². The second kappa shape index (κ2) is 23.7. The van der Waals surface area contributed by atoms with E-state index in [9.17, 15) is 67.7 Å². The van der Waals surface area contributed by atoms with E-state index in [1.165, 1.54) is 13.8 Å². The first-order valence-electron chi connectivity index (χ1n) is 18.1. The summed E-state index contributed by atoms with van der Waals surface area (Å²) in [6.45, 7) is 4.95. The van der Waals surface area contributed by atoms with Gasteiger partial charge in [0.2, 0.25) is 41.2 Å². The van der Waals surface area contributed by atoms with Gasteiger partial charge in [0, 0.05) is 26.3 Å². The minimum Gasteiger partial charge on any atom is -0.481 e. The quantitative estimate of drug-likeness (QED) is 0.0407. The number of carboxylic acids is 4. The predicted molar refractivity (Wildman–Crippen MR) is 191 cm³/mol. The molecule has 1 rings (SSSR count). The molecule has 23 heteroatoms. The minimum absolute atomic E-state index is 0.00848. The highest BCUT2D eigenvalue weighted by Crippen LogP contribution is 2.21. The van der Waals surface area contributed by atoms with E-state index in [4.69, 9.17) is 10.2 Å². The van der Waals surface area contributed by atoms with Crippen molar-refractivity contribution in [3.63, 3.8) is 0 Å². The number of carbonyl (C=O) groups is 12. The third kappa shape index (κ3) is 17.0. The Bertz CT molecular complexity index is 1570. The van der Waals surface area contributed by atoms with Crippen molar-refractivity contribution < 1.29 is 78.0 Å². The Hall–Kier alpha value is -6.16. The van der Waals surface area contributed by atoms with Gasteiger partial charge in [-0.05, 0) is 38.0 Å². The summed E-state index contributed by atoms with van der Waals surface area (Å²) in [4.78, 5) is 150. The minimum atomic E-state index is -1.91. The highest BCUT2D eigenvalue weighted by atomic mass is 16.4. The Labute approximate surface area is 326 Å². The molecule has 0 aromatic rings. The molecular weight excluding hydrogens is 762 g/mol. The van der Waals surface area contributed by atoms with Gasteiger partial charge < -0.3 is 57.2 Å². The summed E-state index contributed by atoms with van der Waals surface area (Å²) in [5, 5.41) is 50.0. The highest BCUT2D eigenvalue weighted by molar-refractivity contribution is 6.38. The maximum atomic E-state index is 13.9. The van der Waals surface area contributed by atoms with Gasteiger partial charge in [-0.3, -0.25) is 57.5 Å². The average Bonchev–Trinajstić information content (AvgIpc) is 3.61. The largest absolute Gasteiger partial charge is 0.481 e. The molecule has 6 unspecified atom stereocenters. The maximum absolute atomic E-state index is 13.9. The molecule has 0 spiro atoms. The van der Waals surface area contributed by atoms with E-state index in [0.29, 0.717) is 12.8 Å². The van der Waals surface area contributed by atoms with Gasteiger partial charge in [-0.1, -0.05) is 27.2 Å². The first-order valence-corrected chi connectivity index (χ1v) is 18.1. The molecule has 0 saturated carbocycles. The average molecular weight is 814 g/mol. The zero-order chi connectivity index (χ0) is 43.6. The summed E-state index contributed by atoms with van der Waals surface area (Å²) in [5.74, 6) is -14.5. The monoisotopic (exact) mass is 813 g/mol. The summed E-state index contributed by atoms with van der Waals surface area (Å²) >= 11 is 0. The van der Waals surface area contributed by atoms with E-state index >= 15 is 0 Å². The van der Waals surface area contributed by atoms with Crippen molar-refractivity contribution in [3.8, 4) is 0 Å².